The molecule has 4 rings (SSSR count). The molecule has 4 nitrogen and oxygen atoms in total. The standard InChI is InChI=1S/C23H18ClF3N2O2/c1-28-14-21(30)29(22(28)15-3-2-4-16(13-15)23(25,26)27)18-7-11-20(12-8-18)31-19-9-5-17(24)6-10-19/h2-13,22H,14H2,1H3. The maximum absolute atomic E-state index is 13.2. The summed E-state index contributed by atoms with van der Waals surface area (Å²) < 4.78 is 45.3. The highest BCUT2D eigenvalue weighted by atomic mass is 35.5. The summed E-state index contributed by atoms with van der Waals surface area (Å²) in [5.41, 5.74) is 0.217. The van der Waals surface area contributed by atoms with Gasteiger partial charge in [-0.05, 0) is 73.3 Å². The van der Waals surface area contributed by atoms with E-state index in [2.05, 4.69) is 0 Å². The highest BCUT2D eigenvalue weighted by Crippen LogP contribution is 2.38. The molecule has 0 N–H and O–H groups in total. The first-order valence-corrected chi connectivity index (χ1v) is 9.83. The lowest BCUT2D eigenvalue weighted by atomic mass is 10.1. The van der Waals surface area contributed by atoms with Gasteiger partial charge in [0.15, 0.2) is 0 Å². The Morgan fingerprint density at radius 2 is 1.58 bits per heavy atom. The Kier molecular flexibility index (Phi) is 5.64. The Hall–Kier alpha value is -3.03. The second-order valence-corrected chi connectivity index (χ2v) is 7.66. The monoisotopic (exact) mass is 446 g/mol. The van der Waals surface area contributed by atoms with Crippen LogP contribution in [0.1, 0.15) is 17.3 Å². The van der Waals surface area contributed by atoms with Crippen molar-refractivity contribution in [1.82, 2.24) is 4.90 Å². The van der Waals surface area contributed by atoms with Gasteiger partial charge >= 0.3 is 6.18 Å². The second kappa shape index (κ2) is 8.24. The Labute approximate surface area is 182 Å². The van der Waals surface area contributed by atoms with Crippen molar-refractivity contribution < 1.29 is 22.7 Å². The first-order valence-electron chi connectivity index (χ1n) is 9.45. The van der Waals surface area contributed by atoms with E-state index in [0.29, 0.717) is 27.8 Å². The van der Waals surface area contributed by atoms with Gasteiger partial charge in [0.2, 0.25) is 5.91 Å². The molecule has 1 aliphatic heterocycles. The van der Waals surface area contributed by atoms with E-state index in [0.717, 1.165) is 12.1 Å². The summed E-state index contributed by atoms with van der Waals surface area (Å²) in [6, 6.07) is 18.8. The third kappa shape index (κ3) is 4.52. The highest BCUT2D eigenvalue weighted by molar-refractivity contribution is 6.30. The number of alkyl halides is 3. The predicted octanol–water partition coefficient (Wildman–Crippen LogP) is 6.13. The lowest BCUT2D eigenvalue weighted by Gasteiger charge is -2.29. The molecule has 0 aliphatic carbocycles. The molecule has 3 aromatic carbocycles. The molecular weight excluding hydrogens is 429 g/mol. The quantitative estimate of drug-likeness (QED) is 0.483. The molecule has 0 bridgehead atoms. The molecule has 1 fully saturated rings. The van der Waals surface area contributed by atoms with E-state index in [-0.39, 0.29) is 12.5 Å². The van der Waals surface area contributed by atoms with Gasteiger partial charge in [-0.2, -0.15) is 13.2 Å². The molecule has 1 aliphatic rings. The smallest absolute Gasteiger partial charge is 0.416 e. The number of hydrogen-bond donors (Lipinski definition) is 0. The Balaban J connectivity index is 1.61. The first kappa shape index (κ1) is 21.2. The minimum Gasteiger partial charge on any atom is -0.457 e. The van der Waals surface area contributed by atoms with E-state index in [1.807, 2.05) is 0 Å². The van der Waals surface area contributed by atoms with Gasteiger partial charge in [-0.1, -0.05) is 23.7 Å². The Bertz CT molecular complexity index is 1090. The van der Waals surface area contributed by atoms with E-state index in [4.69, 9.17) is 16.3 Å². The third-order valence-electron chi connectivity index (χ3n) is 4.99. The summed E-state index contributed by atoms with van der Waals surface area (Å²) in [6.45, 7) is 0.101. The highest BCUT2D eigenvalue weighted by Gasteiger charge is 2.39. The zero-order chi connectivity index (χ0) is 22.2. The maximum Gasteiger partial charge on any atom is 0.416 e. The van der Waals surface area contributed by atoms with Crippen molar-refractivity contribution in [2.24, 2.45) is 0 Å². The molecule has 1 amide bonds. The van der Waals surface area contributed by atoms with Crippen LogP contribution in [-0.4, -0.2) is 24.4 Å². The van der Waals surface area contributed by atoms with Gasteiger partial charge in [0.1, 0.15) is 17.7 Å². The van der Waals surface area contributed by atoms with Gasteiger partial charge in [0.05, 0.1) is 12.1 Å². The van der Waals surface area contributed by atoms with Crippen LogP contribution in [0, 0.1) is 0 Å². The zero-order valence-electron chi connectivity index (χ0n) is 16.4. The SMILES string of the molecule is CN1CC(=O)N(c2ccc(Oc3ccc(Cl)cc3)cc2)C1c1cccc(C(F)(F)F)c1. The number of benzene rings is 3. The van der Waals surface area contributed by atoms with Gasteiger partial charge in [0, 0.05) is 10.7 Å². The van der Waals surface area contributed by atoms with Crippen molar-refractivity contribution in [3.05, 3.63) is 88.9 Å². The van der Waals surface area contributed by atoms with Gasteiger partial charge in [-0.3, -0.25) is 14.6 Å². The fraction of sp³-hybridized carbons (Fsp3) is 0.174. The van der Waals surface area contributed by atoms with Crippen molar-refractivity contribution in [3.63, 3.8) is 0 Å². The van der Waals surface area contributed by atoms with Gasteiger partial charge in [-0.25, -0.2) is 0 Å². The lowest BCUT2D eigenvalue weighted by Crippen LogP contribution is -2.31. The number of hydrogen-bond acceptors (Lipinski definition) is 3. The van der Waals surface area contributed by atoms with Crippen LogP contribution in [0.25, 0.3) is 0 Å². The van der Waals surface area contributed by atoms with Crippen LogP contribution in [0.5, 0.6) is 11.5 Å². The van der Waals surface area contributed by atoms with Crippen LogP contribution in [0.15, 0.2) is 72.8 Å². The molecule has 0 aromatic heterocycles. The van der Waals surface area contributed by atoms with Crippen molar-refractivity contribution in [1.29, 1.82) is 0 Å². The van der Waals surface area contributed by atoms with Gasteiger partial charge in [0.25, 0.3) is 0 Å². The second-order valence-electron chi connectivity index (χ2n) is 7.23. The number of carbonyl (C=O) groups excluding carboxylic acids is 1. The normalized spacial score (nSPS) is 17.3. The Morgan fingerprint density at radius 1 is 0.968 bits per heavy atom. The maximum atomic E-state index is 13.2. The molecule has 1 atom stereocenters. The fourth-order valence-electron chi connectivity index (χ4n) is 3.59. The van der Waals surface area contributed by atoms with Crippen LogP contribution < -0.4 is 9.64 Å². The summed E-state index contributed by atoms with van der Waals surface area (Å²) in [5.74, 6) is 0.967. The van der Waals surface area contributed by atoms with E-state index >= 15 is 0 Å². The number of nitrogens with zero attached hydrogens (tertiary/aromatic N) is 2. The van der Waals surface area contributed by atoms with Crippen molar-refractivity contribution in [2.75, 3.05) is 18.5 Å². The van der Waals surface area contributed by atoms with Gasteiger partial charge in [-0.15, -0.1) is 0 Å². The summed E-state index contributed by atoms with van der Waals surface area (Å²) in [5, 5.41) is 0.597. The predicted molar refractivity (Wildman–Crippen MR) is 112 cm³/mol. The molecule has 1 heterocycles. The number of carbonyl (C=O) groups is 1. The van der Waals surface area contributed by atoms with E-state index in [9.17, 15) is 18.0 Å². The topological polar surface area (TPSA) is 32.8 Å². The summed E-state index contributed by atoms with van der Waals surface area (Å²) in [4.78, 5) is 15.9. The minimum absolute atomic E-state index is 0.101. The van der Waals surface area contributed by atoms with E-state index in [1.165, 1.54) is 11.0 Å². The number of anilines is 1. The third-order valence-corrected chi connectivity index (χ3v) is 5.24. The van der Waals surface area contributed by atoms with Crippen molar-refractivity contribution in [3.8, 4) is 11.5 Å². The van der Waals surface area contributed by atoms with E-state index in [1.54, 1.807) is 66.5 Å². The molecule has 160 valence electrons. The van der Waals surface area contributed by atoms with Crippen LogP contribution >= 0.6 is 11.6 Å². The van der Waals surface area contributed by atoms with E-state index < -0.39 is 17.9 Å². The molecule has 8 heteroatoms. The molecule has 1 saturated heterocycles. The van der Waals surface area contributed by atoms with Crippen LogP contribution in [-0.2, 0) is 11.0 Å². The van der Waals surface area contributed by atoms with Crippen molar-refractivity contribution >= 4 is 23.2 Å². The van der Waals surface area contributed by atoms with Crippen LogP contribution in [0.3, 0.4) is 0 Å². The van der Waals surface area contributed by atoms with Crippen LogP contribution in [0.2, 0.25) is 5.02 Å². The average Bonchev–Trinajstić information content (AvgIpc) is 3.03. The Morgan fingerprint density at radius 3 is 2.19 bits per heavy atom. The zero-order valence-corrected chi connectivity index (χ0v) is 17.2. The fourth-order valence-corrected chi connectivity index (χ4v) is 3.71. The average molecular weight is 447 g/mol. The first-order chi connectivity index (χ1) is 14.7. The number of ether oxygens (including phenoxy) is 1. The lowest BCUT2D eigenvalue weighted by molar-refractivity contribution is -0.137. The summed E-state index contributed by atoms with van der Waals surface area (Å²) in [7, 11) is 1.71. The van der Waals surface area contributed by atoms with Crippen LogP contribution in [0.4, 0.5) is 18.9 Å². The summed E-state index contributed by atoms with van der Waals surface area (Å²) >= 11 is 5.87. The molecular formula is C23H18ClF3N2O2. The molecule has 0 radical (unpaired) electrons. The van der Waals surface area contributed by atoms with Crippen molar-refractivity contribution in [2.45, 2.75) is 12.3 Å². The van der Waals surface area contributed by atoms with Gasteiger partial charge < -0.3 is 4.74 Å². The summed E-state index contributed by atoms with van der Waals surface area (Å²) in [6.07, 6.45) is -5.10. The molecule has 0 spiro atoms. The molecule has 31 heavy (non-hydrogen) atoms. The number of amides is 1. The number of halogens is 4. The molecule has 1 unspecified atom stereocenters. The minimum atomic E-state index is -4.46. The number of rotatable bonds is 4. The molecule has 3 aromatic rings. The number of likely N-dealkylation sites (N-methyl/N-ethyl adjacent to an activating group) is 1. The molecule has 0 saturated carbocycles. The largest absolute Gasteiger partial charge is 0.457 e.